The molecule has 0 spiro atoms. The van der Waals surface area contributed by atoms with E-state index in [0.29, 0.717) is 12.1 Å². The monoisotopic (exact) mass is 254 g/mol. The van der Waals surface area contributed by atoms with E-state index in [2.05, 4.69) is 4.98 Å². The van der Waals surface area contributed by atoms with Gasteiger partial charge in [0.05, 0.1) is 0 Å². The highest BCUT2D eigenvalue weighted by Crippen LogP contribution is 2.26. The minimum atomic E-state index is -0.517. The maximum atomic E-state index is 12.5. The molecule has 3 heteroatoms. The number of nitrogens with two attached hydrogens (primary N) is 1. The van der Waals surface area contributed by atoms with Crippen LogP contribution in [0.1, 0.15) is 25.0 Å². The standard InChI is InChI=1S/C16H18N2O/c1-16(2,13-3-5-14(17)6-4-13)15(19)11-12-7-9-18-10-8-12/h3-10H,11,17H2,1-2H3. The van der Waals surface area contributed by atoms with Gasteiger partial charge in [0.15, 0.2) is 0 Å². The van der Waals surface area contributed by atoms with Crippen LogP contribution in [0, 0.1) is 0 Å². The number of Topliss-reactive ketones (excluding diaryl/α,β-unsaturated/α-hetero) is 1. The molecule has 2 N–H and O–H groups in total. The van der Waals surface area contributed by atoms with Gasteiger partial charge in [-0.25, -0.2) is 0 Å². The number of nitrogens with zero attached hydrogens (tertiary/aromatic N) is 1. The van der Waals surface area contributed by atoms with Gasteiger partial charge in [-0.15, -0.1) is 0 Å². The molecular formula is C16H18N2O. The third-order valence-electron chi connectivity index (χ3n) is 3.44. The lowest BCUT2D eigenvalue weighted by molar-refractivity contribution is -0.122. The van der Waals surface area contributed by atoms with Crippen molar-refractivity contribution in [3.05, 3.63) is 59.9 Å². The molecular weight excluding hydrogens is 236 g/mol. The van der Waals surface area contributed by atoms with Crippen LogP contribution < -0.4 is 5.73 Å². The third-order valence-corrected chi connectivity index (χ3v) is 3.44. The highest BCUT2D eigenvalue weighted by molar-refractivity contribution is 5.91. The minimum absolute atomic E-state index is 0.184. The van der Waals surface area contributed by atoms with Gasteiger partial charge in [-0.05, 0) is 49.2 Å². The van der Waals surface area contributed by atoms with Gasteiger partial charge in [0.1, 0.15) is 5.78 Å². The van der Waals surface area contributed by atoms with Gasteiger partial charge in [0.25, 0.3) is 0 Å². The van der Waals surface area contributed by atoms with Crippen LogP contribution >= 0.6 is 0 Å². The zero-order valence-corrected chi connectivity index (χ0v) is 11.3. The Bertz CT molecular complexity index is 559. The highest BCUT2D eigenvalue weighted by atomic mass is 16.1. The zero-order valence-electron chi connectivity index (χ0n) is 11.3. The number of carbonyl (C=O) groups excluding carboxylic acids is 1. The fraction of sp³-hybridized carbons (Fsp3) is 0.250. The van der Waals surface area contributed by atoms with Crippen molar-refractivity contribution < 1.29 is 4.79 Å². The predicted octanol–water partition coefficient (Wildman–Crippen LogP) is 2.75. The van der Waals surface area contributed by atoms with Crippen LogP contribution in [0.25, 0.3) is 0 Å². The summed E-state index contributed by atoms with van der Waals surface area (Å²) in [4.78, 5) is 16.4. The number of pyridine rings is 1. The summed E-state index contributed by atoms with van der Waals surface area (Å²) in [6, 6.07) is 11.2. The van der Waals surface area contributed by atoms with Crippen LogP contribution in [0.15, 0.2) is 48.8 Å². The number of rotatable bonds is 4. The molecule has 1 heterocycles. The van der Waals surface area contributed by atoms with E-state index in [1.54, 1.807) is 12.4 Å². The smallest absolute Gasteiger partial charge is 0.147 e. The number of nitrogen functional groups attached to an aromatic ring is 1. The number of benzene rings is 1. The van der Waals surface area contributed by atoms with Crippen molar-refractivity contribution in [2.45, 2.75) is 25.7 Å². The molecule has 0 aliphatic heterocycles. The van der Waals surface area contributed by atoms with E-state index < -0.39 is 5.41 Å². The lowest BCUT2D eigenvalue weighted by atomic mass is 9.78. The predicted molar refractivity (Wildman–Crippen MR) is 76.8 cm³/mol. The average molecular weight is 254 g/mol. The molecule has 0 atom stereocenters. The Labute approximate surface area is 113 Å². The van der Waals surface area contributed by atoms with Gasteiger partial charge in [0.2, 0.25) is 0 Å². The van der Waals surface area contributed by atoms with E-state index in [0.717, 1.165) is 11.1 Å². The van der Waals surface area contributed by atoms with Gasteiger partial charge in [-0.2, -0.15) is 0 Å². The number of anilines is 1. The fourth-order valence-corrected chi connectivity index (χ4v) is 1.97. The Hall–Kier alpha value is -2.16. The second-order valence-electron chi connectivity index (χ2n) is 5.20. The molecule has 1 aromatic heterocycles. The van der Waals surface area contributed by atoms with Gasteiger partial charge in [-0.1, -0.05) is 12.1 Å². The summed E-state index contributed by atoms with van der Waals surface area (Å²) in [5.74, 6) is 0.184. The molecule has 1 aromatic carbocycles. The third kappa shape index (κ3) is 2.99. The van der Waals surface area contributed by atoms with E-state index in [-0.39, 0.29) is 5.78 Å². The molecule has 0 saturated heterocycles. The summed E-state index contributed by atoms with van der Waals surface area (Å²) in [5, 5.41) is 0. The average Bonchev–Trinajstić information content (AvgIpc) is 2.40. The highest BCUT2D eigenvalue weighted by Gasteiger charge is 2.29. The number of aromatic nitrogens is 1. The zero-order chi connectivity index (χ0) is 13.9. The Morgan fingerprint density at radius 3 is 2.26 bits per heavy atom. The van der Waals surface area contributed by atoms with Crippen molar-refractivity contribution in [3.63, 3.8) is 0 Å². The Morgan fingerprint density at radius 2 is 1.68 bits per heavy atom. The second-order valence-corrected chi connectivity index (χ2v) is 5.20. The maximum absolute atomic E-state index is 12.5. The van der Waals surface area contributed by atoms with Crippen LogP contribution in [0.5, 0.6) is 0 Å². The van der Waals surface area contributed by atoms with Crippen molar-refractivity contribution in [1.29, 1.82) is 0 Å². The molecule has 0 aliphatic carbocycles. The Kier molecular flexibility index (Phi) is 3.65. The topological polar surface area (TPSA) is 56.0 Å². The molecule has 3 nitrogen and oxygen atoms in total. The first-order valence-electron chi connectivity index (χ1n) is 6.28. The second kappa shape index (κ2) is 5.22. The lowest BCUT2D eigenvalue weighted by Gasteiger charge is -2.24. The van der Waals surface area contributed by atoms with E-state index in [1.165, 1.54) is 0 Å². The van der Waals surface area contributed by atoms with Crippen LogP contribution in [0.2, 0.25) is 0 Å². The number of hydrogen-bond acceptors (Lipinski definition) is 3. The minimum Gasteiger partial charge on any atom is -0.399 e. The molecule has 0 unspecified atom stereocenters. The molecule has 2 rings (SSSR count). The van der Waals surface area contributed by atoms with E-state index >= 15 is 0 Å². The molecule has 0 radical (unpaired) electrons. The summed E-state index contributed by atoms with van der Waals surface area (Å²) in [6.45, 7) is 3.89. The van der Waals surface area contributed by atoms with Gasteiger partial charge >= 0.3 is 0 Å². The molecule has 19 heavy (non-hydrogen) atoms. The first kappa shape index (κ1) is 13.3. The molecule has 0 saturated carbocycles. The van der Waals surface area contributed by atoms with Crippen molar-refractivity contribution in [1.82, 2.24) is 4.98 Å². The van der Waals surface area contributed by atoms with Crippen molar-refractivity contribution in [2.75, 3.05) is 5.73 Å². The molecule has 2 aromatic rings. The summed E-state index contributed by atoms with van der Waals surface area (Å²) in [6.07, 6.45) is 3.83. The van der Waals surface area contributed by atoms with Crippen LogP contribution in [-0.4, -0.2) is 10.8 Å². The summed E-state index contributed by atoms with van der Waals surface area (Å²) >= 11 is 0. The van der Waals surface area contributed by atoms with Gasteiger partial charge in [0, 0.05) is 29.9 Å². The quantitative estimate of drug-likeness (QED) is 0.853. The van der Waals surface area contributed by atoms with Crippen molar-refractivity contribution in [3.8, 4) is 0 Å². The van der Waals surface area contributed by atoms with Gasteiger partial charge in [-0.3, -0.25) is 9.78 Å². The molecule has 0 aliphatic rings. The number of ketones is 1. The molecule has 0 bridgehead atoms. The van der Waals surface area contributed by atoms with Crippen molar-refractivity contribution in [2.24, 2.45) is 0 Å². The van der Waals surface area contributed by atoms with Crippen LogP contribution in [0.3, 0.4) is 0 Å². The Balaban J connectivity index is 2.19. The maximum Gasteiger partial charge on any atom is 0.147 e. The number of carbonyl (C=O) groups is 1. The molecule has 0 fully saturated rings. The lowest BCUT2D eigenvalue weighted by Crippen LogP contribution is -2.30. The van der Waals surface area contributed by atoms with Crippen LogP contribution in [-0.2, 0) is 16.6 Å². The van der Waals surface area contributed by atoms with E-state index in [9.17, 15) is 4.79 Å². The van der Waals surface area contributed by atoms with E-state index in [4.69, 9.17) is 5.73 Å². The SMILES string of the molecule is CC(C)(C(=O)Cc1ccncc1)c1ccc(N)cc1. The largest absolute Gasteiger partial charge is 0.399 e. The molecule has 98 valence electrons. The van der Waals surface area contributed by atoms with E-state index in [1.807, 2.05) is 50.2 Å². The molecule has 0 amide bonds. The Morgan fingerprint density at radius 1 is 1.11 bits per heavy atom. The summed E-state index contributed by atoms with van der Waals surface area (Å²) in [7, 11) is 0. The summed E-state index contributed by atoms with van der Waals surface area (Å²) in [5.41, 5.74) is 7.85. The first-order valence-corrected chi connectivity index (χ1v) is 6.28. The number of hydrogen-bond donors (Lipinski definition) is 1. The first-order chi connectivity index (χ1) is 9.00. The van der Waals surface area contributed by atoms with Crippen molar-refractivity contribution >= 4 is 11.5 Å². The fourth-order valence-electron chi connectivity index (χ4n) is 1.97. The summed E-state index contributed by atoms with van der Waals surface area (Å²) < 4.78 is 0. The normalized spacial score (nSPS) is 11.3. The van der Waals surface area contributed by atoms with Crippen LogP contribution in [0.4, 0.5) is 5.69 Å². The van der Waals surface area contributed by atoms with Gasteiger partial charge < -0.3 is 5.73 Å².